The lowest BCUT2D eigenvalue weighted by atomic mass is 10.2. The number of aromatic nitrogens is 2. The van der Waals surface area contributed by atoms with E-state index in [4.69, 9.17) is 5.11 Å². The average molecular weight is 277 g/mol. The van der Waals surface area contributed by atoms with Gasteiger partial charge in [-0.3, -0.25) is 9.78 Å². The fourth-order valence-electron chi connectivity index (χ4n) is 1.47. The Kier molecular flexibility index (Phi) is 3.86. The highest BCUT2D eigenvalue weighted by molar-refractivity contribution is 7.09. The summed E-state index contributed by atoms with van der Waals surface area (Å²) in [6, 6.07) is 3.37. The number of pyridine rings is 1. The fraction of sp³-hybridized carbons (Fsp3) is 0.167. The van der Waals surface area contributed by atoms with Gasteiger partial charge in [-0.25, -0.2) is 9.78 Å². The highest BCUT2D eigenvalue weighted by Gasteiger charge is 2.11. The second-order valence-corrected chi connectivity index (χ2v) is 4.69. The van der Waals surface area contributed by atoms with Gasteiger partial charge in [0.15, 0.2) is 5.69 Å². The largest absolute Gasteiger partial charge is 0.476 e. The Hall–Kier alpha value is -2.28. The van der Waals surface area contributed by atoms with E-state index in [1.807, 2.05) is 0 Å². The number of carboxylic acid groups (broad SMARTS) is 1. The maximum absolute atomic E-state index is 11.9. The van der Waals surface area contributed by atoms with Gasteiger partial charge >= 0.3 is 5.97 Å². The molecule has 0 aliphatic heterocycles. The zero-order valence-corrected chi connectivity index (χ0v) is 10.9. The summed E-state index contributed by atoms with van der Waals surface area (Å²) < 4.78 is 0. The standard InChI is InChI=1S/C12H11N3O3S/c1-7-8(3-2-4-13-7)11(16)14-5-10-15-9(6-19-10)12(17)18/h2-4,6H,5H2,1H3,(H,14,16)(H,17,18). The molecule has 0 radical (unpaired) electrons. The molecule has 98 valence electrons. The number of carbonyl (C=O) groups excluding carboxylic acids is 1. The Bertz CT molecular complexity index is 624. The smallest absolute Gasteiger partial charge is 0.355 e. The minimum atomic E-state index is -1.07. The summed E-state index contributed by atoms with van der Waals surface area (Å²) in [5.41, 5.74) is 1.13. The lowest BCUT2D eigenvalue weighted by Gasteiger charge is -2.04. The second kappa shape index (κ2) is 5.57. The number of amides is 1. The van der Waals surface area contributed by atoms with Crippen LogP contribution in [0.2, 0.25) is 0 Å². The molecule has 1 amide bonds. The van der Waals surface area contributed by atoms with Crippen molar-refractivity contribution in [3.63, 3.8) is 0 Å². The van der Waals surface area contributed by atoms with Gasteiger partial charge in [-0.05, 0) is 19.1 Å². The number of hydrogen-bond acceptors (Lipinski definition) is 5. The van der Waals surface area contributed by atoms with Gasteiger partial charge < -0.3 is 10.4 Å². The molecule has 2 aromatic heterocycles. The Morgan fingerprint density at radius 2 is 2.26 bits per heavy atom. The molecule has 0 unspecified atom stereocenters. The number of carbonyl (C=O) groups is 2. The van der Waals surface area contributed by atoms with Crippen LogP contribution < -0.4 is 5.32 Å². The molecule has 0 atom stereocenters. The summed E-state index contributed by atoms with van der Waals surface area (Å²) in [4.78, 5) is 30.5. The molecule has 0 fully saturated rings. The van der Waals surface area contributed by atoms with E-state index in [1.54, 1.807) is 25.3 Å². The first-order valence-corrected chi connectivity index (χ1v) is 6.33. The molecule has 2 heterocycles. The molecule has 0 aliphatic carbocycles. The van der Waals surface area contributed by atoms with Gasteiger partial charge in [0, 0.05) is 17.3 Å². The SMILES string of the molecule is Cc1ncccc1C(=O)NCc1nc(C(=O)O)cs1. The molecule has 6 nitrogen and oxygen atoms in total. The maximum atomic E-state index is 11.9. The van der Waals surface area contributed by atoms with Gasteiger partial charge in [0.25, 0.3) is 5.91 Å². The molecule has 0 aliphatic rings. The van der Waals surface area contributed by atoms with Crippen LogP contribution in [0.4, 0.5) is 0 Å². The van der Waals surface area contributed by atoms with E-state index in [-0.39, 0.29) is 18.1 Å². The zero-order valence-electron chi connectivity index (χ0n) is 10.1. The first-order valence-electron chi connectivity index (χ1n) is 5.45. The number of nitrogens with zero attached hydrogens (tertiary/aromatic N) is 2. The van der Waals surface area contributed by atoms with Crippen LogP contribution in [0.1, 0.15) is 31.5 Å². The highest BCUT2D eigenvalue weighted by Crippen LogP contribution is 2.10. The van der Waals surface area contributed by atoms with Crippen molar-refractivity contribution in [2.75, 3.05) is 0 Å². The van der Waals surface area contributed by atoms with E-state index in [1.165, 1.54) is 16.7 Å². The highest BCUT2D eigenvalue weighted by atomic mass is 32.1. The van der Waals surface area contributed by atoms with Crippen molar-refractivity contribution >= 4 is 23.2 Å². The predicted octanol–water partition coefficient (Wildman–Crippen LogP) is 1.47. The van der Waals surface area contributed by atoms with Crippen LogP contribution in [-0.4, -0.2) is 27.0 Å². The van der Waals surface area contributed by atoms with Crippen LogP contribution in [0.15, 0.2) is 23.7 Å². The average Bonchev–Trinajstić information content (AvgIpc) is 2.85. The lowest BCUT2D eigenvalue weighted by molar-refractivity contribution is 0.0691. The minimum Gasteiger partial charge on any atom is -0.476 e. The predicted molar refractivity (Wildman–Crippen MR) is 69.2 cm³/mol. The molecule has 0 bridgehead atoms. The molecular weight excluding hydrogens is 266 g/mol. The third kappa shape index (κ3) is 3.14. The molecule has 0 saturated carbocycles. The number of carboxylic acids is 1. The van der Waals surface area contributed by atoms with E-state index in [9.17, 15) is 9.59 Å². The number of rotatable bonds is 4. The molecule has 2 rings (SSSR count). The van der Waals surface area contributed by atoms with Crippen molar-refractivity contribution in [2.45, 2.75) is 13.5 Å². The molecule has 2 aromatic rings. The molecule has 0 saturated heterocycles. The minimum absolute atomic E-state index is 0.00759. The van der Waals surface area contributed by atoms with Gasteiger partial charge in [-0.1, -0.05) is 0 Å². The van der Waals surface area contributed by atoms with E-state index >= 15 is 0 Å². The summed E-state index contributed by atoms with van der Waals surface area (Å²) in [6.07, 6.45) is 1.62. The van der Waals surface area contributed by atoms with Crippen LogP contribution in [0, 0.1) is 6.92 Å². The second-order valence-electron chi connectivity index (χ2n) is 3.75. The maximum Gasteiger partial charge on any atom is 0.355 e. The van der Waals surface area contributed by atoms with Crippen LogP contribution >= 0.6 is 11.3 Å². The molecule has 0 aromatic carbocycles. The topological polar surface area (TPSA) is 92.2 Å². The molecular formula is C12H11N3O3S. The van der Waals surface area contributed by atoms with Crippen molar-refractivity contribution in [3.05, 3.63) is 45.7 Å². The van der Waals surface area contributed by atoms with Crippen molar-refractivity contribution in [1.29, 1.82) is 0 Å². The quantitative estimate of drug-likeness (QED) is 0.883. The van der Waals surface area contributed by atoms with Gasteiger partial charge in [-0.15, -0.1) is 11.3 Å². The van der Waals surface area contributed by atoms with E-state index in [0.29, 0.717) is 16.3 Å². The number of hydrogen-bond donors (Lipinski definition) is 2. The fourth-order valence-corrected chi connectivity index (χ4v) is 2.17. The number of aryl methyl sites for hydroxylation is 1. The monoisotopic (exact) mass is 277 g/mol. The normalized spacial score (nSPS) is 10.2. The Balaban J connectivity index is 2.00. The first kappa shape index (κ1) is 13.2. The van der Waals surface area contributed by atoms with Crippen molar-refractivity contribution < 1.29 is 14.7 Å². The number of aromatic carboxylic acids is 1. The van der Waals surface area contributed by atoms with Crippen molar-refractivity contribution in [1.82, 2.24) is 15.3 Å². The summed E-state index contributed by atoms with van der Waals surface area (Å²) >= 11 is 1.20. The Morgan fingerprint density at radius 1 is 1.47 bits per heavy atom. The van der Waals surface area contributed by atoms with Gasteiger partial charge in [0.05, 0.1) is 12.1 Å². The van der Waals surface area contributed by atoms with Gasteiger partial charge in [0.1, 0.15) is 5.01 Å². The summed E-state index contributed by atoms with van der Waals surface area (Å²) in [5, 5.41) is 13.4. The van der Waals surface area contributed by atoms with Gasteiger partial charge in [0.2, 0.25) is 0 Å². The lowest BCUT2D eigenvalue weighted by Crippen LogP contribution is -2.23. The molecule has 2 N–H and O–H groups in total. The van der Waals surface area contributed by atoms with E-state index in [0.717, 1.165) is 0 Å². The number of nitrogens with one attached hydrogen (secondary N) is 1. The summed E-state index contributed by atoms with van der Waals surface area (Å²) in [5.74, 6) is -1.32. The molecule has 0 spiro atoms. The van der Waals surface area contributed by atoms with Crippen LogP contribution in [0.25, 0.3) is 0 Å². The third-order valence-corrected chi connectivity index (χ3v) is 3.27. The summed E-state index contributed by atoms with van der Waals surface area (Å²) in [6.45, 7) is 1.95. The number of thiazole rings is 1. The Labute approximate surface area is 113 Å². The first-order chi connectivity index (χ1) is 9.08. The van der Waals surface area contributed by atoms with Crippen molar-refractivity contribution in [3.8, 4) is 0 Å². The third-order valence-electron chi connectivity index (χ3n) is 2.42. The Morgan fingerprint density at radius 3 is 2.89 bits per heavy atom. The molecule has 7 heteroatoms. The van der Waals surface area contributed by atoms with E-state index < -0.39 is 5.97 Å². The van der Waals surface area contributed by atoms with Crippen LogP contribution in [0.5, 0.6) is 0 Å². The van der Waals surface area contributed by atoms with Crippen LogP contribution in [0.3, 0.4) is 0 Å². The van der Waals surface area contributed by atoms with Gasteiger partial charge in [-0.2, -0.15) is 0 Å². The van der Waals surface area contributed by atoms with Crippen molar-refractivity contribution in [2.24, 2.45) is 0 Å². The molecule has 19 heavy (non-hydrogen) atoms. The zero-order chi connectivity index (χ0) is 13.8. The van der Waals surface area contributed by atoms with E-state index in [2.05, 4.69) is 15.3 Å². The van der Waals surface area contributed by atoms with Crippen LogP contribution in [-0.2, 0) is 6.54 Å². The summed E-state index contributed by atoms with van der Waals surface area (Å²) in [7, 11) is 0.